The molecule has 0 unspecified atom stereocenters. The zero-order chi connectivity index (χ0) is 12.6. The highest BCUT2D eigenvalue weighted by atomic mass is 32.2. The van der Waals surface area contributed by atoms with Crippen LogP contribution in [0.25, 0.3) is 0 Å². The molecule has 3 heterocycles. The summed E-state index contributed by atoms with van der Waals surface area (Å²) in [4.78, 5) is 0. The van der Waals surface area contributed by atoms with Crippen LogP contribution < -0.4 is 10.0 Å². The van der Waals surface area contributed by atoms with E-state index in [0.717, 1.165) is 13.1 Å². The SMILES string of the molecule is O=S(=O)(Nc1ccnn1C1CNC1)c1ccn[nH]1. The van der Waals surface area contributed by atoms with Crippen molar-refractivity contribution >= 4 is 15.8 Å². The third kappa shape index (κ3) is 1.87. The standard InChI is InChI=1S/C9H12N6O2S/c16-18(17,9-2-3-11-13-9)14-8-1-4-12-15(8)7-5-10-6-7/h1-4,7,10,14H,5-6H2,(H,11,13). The number of nitrogens with one attached hydrogen (secondary N) is 3. The first-order valence-electron chi connectivity index (χ1n) is 5.43. The molecule has 0 bridgehead atoms. The lowest BCUT2D eigenvalue weighted by atomic mass is 10.2. The van der Waals surface area contributed by atoms with Gasteiger partial charge in [0.1, 0.15) is 5.82 Å². The van der Waals surface area contributed by atoms with Crippen molar-refractivity contribution < 1.29 is 8.42 Å². The molecule has 1 fully saturated rings. The molecule has 0 amide bonds. The Morgan fingerprint density at radius 3 is 2.78 bits per heavy atom. The summed E-state index contributed by atoms with van der Waals surface area (Å²) in [5.41, 5.74) is 0. The Labute approximate surface area is 103 Å². The van der Waals surface area contributed by atoms with Gasteiger partial charge in [-0.3, -0.25) is 9.82 Å². The lowest BCUT2D eigenvalue weighted by molar-refractivity contribution is 0.322. The molecule has 8 nitrogen and oxygen atoms in total. The zero-order valence-electron chi connectivity index (χ0n) is 9.37. The Kier molecular flexibility index (Phi) is 2.56. The summed E-state index contributed by atoms with van der Waals surface area (Å²) < 4.78 is 28.2. The van der Waals surface area contributed by atoms with E-state index >= 15 is 0 Å². The fraction of sp³-hybridized carbons (Fsp3) is 0.333. The van der Waals surface area contributed by atoms with E-state index in [0.29, 0.717) is 5.82 Å². The Balaban J connectivity index is 1.87. The summed E-state index contributed by atoms with van der Waals surface area (Å²) in [6.45, 7) is 1.58. The van der Waals surface area contributed by atoms with Crippen molar-refractivity contribution in [2.75, 3.05) is 17.8 Å². The van der Waals surface area contributed by atoms with Gasteiger partial charge in [0.25, 0.3) is 10.0 Å². The highest BCUT2D eigenvalue weighted by Gasteiger charge is 2.24. The fourth-order valence-corrected chi connectivity index (χ4v) is 2.68. The maximum atomic E-state index is 12.0. The number of sulfonamides is 1. The molecule has 3 rings (SSSR count). The topological polar surface area (TPSA) is 105 Å². The van der Waals surface area contributed by atoms with Crippen LogP contribution in [0.3, 0.4) is 0 Å². The van der Waals surface area contributed by atoms with Gasteiger partial charge >= 0.3 is 0 Å². The number of nitrogens with zero attached hydrogens (tertiary/aromatic N) is 3. The second kappa shape index (κ2) is 4.10. The van der Waals surface area contributed by atoms with E-state index in [1.165, 1.54) is 12.3 Å². The first kappa shape index (κ1) is 11.2. The summed E-state index contributed by atoms with van der Waals surface area (Å²) in [6, 6.07) is 3.22. The van der Waals surface area contributed by atoms with E-state index in [4.69, 9.17) is 0 Å². The van der Waals surface area contributed by atoms with Crippen LogP contribution >= 0.6 is 0 Å². The monoisotopic (exact) mass is 268 g/mol. The maximum Gasteiger partial charge on any atom is 0.279 e. The normalized spacial score (nSPS) is 16.4. The maximum absolute atomic E-state index is 12.0. The molecule has 9 heteroatoms. The third-order valence-corrected chi connectivity index (χ3v) is 4.06. The highest BCUT2D eigenvalue weighted by Crippen LogP contribution is 2.19. The second-order valence-corrected chi connectivity index (χ2v) is 5.65. The number of anilines is 1. The van der Waals surface area contributed by atoms with Crippen molar-refractivity contribution in [2.45, 2.75) is 11.1 Å². The molecule has 18 heavy (non-hydrogen) atoms. The predicted molar refractivity (Wildman–Crippen MR) is 63.5 cm³/mol. The number of aromatic amines is 1. The van der Waals surface area contributed by atoms with Crippen LogP contribution in [0.4, 0.5) is 5.82 Å². The molecule has 0 saturated carbocycles. The Bertz CT molecular complexity index is 628. The van der Waals surface area contributed by atoms with Crippen molar-refractivity contribution in [3.8, 4) is 0 Å². The Morgan fingerprint density at radius 1 is 1.33 bits per heavy atom. The van der Waals surface area contributed by atoms with Crippen molar-refractivity contribution in [2.24, 2.45) is 0 Å². The highest BCUT2D eigenvalue weighted by molar-refractivity contribution is 7.92. The molecule has 3 N–H and O–H groups in total. The minimum Gasteiger partial charge on any atom is -0.312 e. The van der Waals surface area contributed by atoms with E-state index in [1.54, 1.807) is 16.9 Å². The van der Waals surface area contributed by atoms with Crippen LogP contribution in [-0.2, 0) is 10.0 Å². The number of H-pyrrole nitrogens is 1. The minimum atomic E-state index is -3.63. The molecular weight excluding hydrogens is 256 g/mol. The van der Waals surface area contributed by atoms with Gasteiger partial charge in [-0.1, -0.05) is 0 Å². The van der Waals surface area contributed by atoms with Gasteiger partial charge < -0.3 is 5.32 Å². The lowest BCUT2D eigenvalue weighted by Gasteiger charge is -2.28. The lowest BCUT2D eigenvalue weighted by Crippen LogP contribution is -2.44. The zero-order valence-corrected chi connectivity index (χ0v) is 10.2. The summed E-state index contributed by atoms with van der Waals surface area (Å²) in [5, 5.41) is 13.3. The van der Waals surface area contributed by atoms with Crippen LogP contribution in [0.2, 0.25) is 0 Å². The van der Waals surface area contributed by atoms with Crippen LogP contribution in [0.1, 0.15) is 6.04 Å². The molecule has 0 aliphatic carbocycles. The average Bonchev–Trinajstić information content (AvgIpc) is 2.86. The van der Waals surface area contributed by atoms with Crippen LogP contribution in [0, 0.1) is 0 Å². The van der Waals surface area contributed by atoms with Crippen molar-refractivity contribution in [3.63, 3.8) is 0 Å². The Morgan fingerprint density at radius 2 is 2.17 bits per heavy atom. The molecule has 1 aliphatic heterocycles. The van der Waals surface area contributed by atoms with Crippen LogP contribution in [0.15, 0.2) is 29.6 Å². The molecule has 0 atom stereocenters. The van der Waals surface area contributed by atoms with Crippen molar-refractivity contribution in [1.82, 2.24) is 25.3 Å². The van der Waals surface area contributed by atoms with E-state index in [-0.39, 0.29) is 11.1 Å². The largest absolute Gasteiger partial charge is 0.312 e. The number of hydrogen-bond acceptors (Lipinski definition) is 5. The fourth-order valence-electron chi connectivity index (χ4n) is 1.72. The Hall–Kier alpha value is -1.87. The van der Waals surface area contributed by atoms with Crippen molar-refractivity contribution in [1.29, 1.82) is 0 Å². The summed E-state index contributed by atoms with van der Waals surface area (Å²) >= 11 is 0. The second-order valence-electron chi connectivity index (χ2n) is 4.00. The third-order valence-electron chi connectivity index (χ3n) is 2.78. The van der Waals surface area contributed by atoms with Gasteiger partial charge in [0.05, 0.1) is 18.4 Å². The van der Waals surface area contributed by atoms with Gasteiger partial charge in [-0.25, -0.2) is 4.68 Å². The first-order chi connectivity index (χ1) is 8.67. The molecule has 2 aromatic rings. The first-order valence-corrected chi connectivity index (χ1v) is 6.91. The number of rotatable bonds is 4. The summed E-state index contributed by atoms with van der Waals surface area (Å²) in [6.07, 6.45) is 2.96. The quantitative estimate of drug-likeness (QED) is 0.696. The van der Waals surface area contributed by atoms with Gasteiger partial charge in [-0.05, 0) is 6.07 Å². The smallest absolute Gasteiger partial charge is 0.279 e. The average molecular weight is 268 g/mol. The van der Waals surface area contributed by atoms with E-state index in [2.05, 4.69) is 25.3 Å². The van der Waals surface area contributed by atoms with Gasteiger partial charge in [0, 0.05) is 19.2 Å². The van der Waals surface area contributed by atoms with E-state index in [1.807, 2.05) is 0 Å². The predicted octanol–water partition coefficient (Wildman–Crippen LogP) is -0.449. The molecule has 0 aromatic carbocycles. The van der Waals surface area contributed by atoms with E-state index in [9.17, 15) is 8.42 Å². The van der Waals surface area contributed by atoms with Gasteiger partial charge in [-0.2, -0.15) is 18.6 Å². The molecule has 0 spiro atoms. The van der Waals surface area contributed by atoms with Gasteiger partial charge in [0.2, 0.25) is 0 Å². The summed E-state index contributed by atoms with van der Waals surface area (Å²) in [7, 11) is -3.63. The molecule has 96 valence electrons. The summed E-state index contributed by atoms with van der Waals surface area (Å²) in [5.74, 6) is 0.455. The molecule has 1 saturated heterocycles. The van der Waals surface area contributed by atoms with Crippen LogP contribution in [-0.4, -0.2) is 41.5 Å². The van der Waals surface area contributed by atoms with Gasteiger partial charge in [0.15, 0.2) is 5.03 Å². The molecular formula is C9H12N6O2S. The molecule has 0 radical (unpaired) electrons. The minimum absolute atomic E-state index is 0.0296. The number of hydrogen-bond donors (Lipinski definition) is 3. The molecule has 2 aromatic heterocycles. The number of aromatic nitrogens is 4. The van der Waals surface area contributed by atoms with E-state index < -0.39 is 10.0 Å². The van der Waals surface area contributed by atoms with Gasteiger partial charge in [-0.15, -0.1) is 0 Å². The van der Waals surface area contributed by atoms with Crippen molar-refractivity contribution in [3.05, 3.63) is 24.5 Å². The van der Waals surface area contributed by atoms with Crippen LogP contribution in [0.5, 0.6) is 0 Å². The molecule has 1 aliphatic rings.